The van der Waals surface area contributed by atoms with Gasteiger partial charge in [-0.05, 0) is 72.7 Å². The molecule has 184 valence electrons. The van der Waals surface area contributed by atoms with Gasteiger partial charge in [-0.2, -0.15) is 5.10 Å². The molecule has 0 spiro atoms. The van der Waals surface area contributed by atoms with Crippen molar-refractivity contribution in [2.75, 3.05) is 13.1 Å². The summed E-state index contributed by atoms with van der Waals surface area (Å²) in [5.74, 6) is 0.420. The first kappa shape index (κ1) is 21.6. The third-order valence-corrected chi connectivity index (χ3v) is 8.20. The molecule has 2 fully saturated rings. The van der Waals surface area contributed by atoms with E-state index in [-0.39, 0.29) is 17.2 Å². The average Bonchev–Trinajstić information content (AvgIpc) is 3.25. The van der Waals surface area contributed by atoms with Gasteiger partial charge in [-0.3, -0.25) is 9.89 Å². The van der Waals surface area contributed by atoms with Gasteiger partial charge in [0.25, 0.3) is 0 Å². The first-order valence-corrected chi connectivity index (χ1v) is 12.6. The number of halogens is 1. The van der Waals surface area contributed by atoms with Crippen LogP contribution in [0.25, 0.3) is 33.5 Å². The zero-order valence-electron chi connectivity index (χ0n) is 20.0. The Hall–Kier alpha value is -3.72. The molecule has 1 aliphatic carbocycles. The van der Waals surface area contributed by atoms with Crippen molar-refractivity contribution in [3.05, 3.63) is 53.1 Å². The molecular weight excluding hydrogens is 459 g/mol. The summed E-state index contributed by atoms with van der Waals surface area (Å²) >= 11 is 0. The third kappa shape index (κ3) is 3.12. The summed E-state index contributed by atoms with van der Waals surface area (Å²) in [6.45, 7) is 4.11. The van der Waals surface area contributed by atoms with Gasteiger partial charge in [-0.1, -0.05) is 13.0 Å². The highest BCUT2D eigenvalue weighted by Gasteiger charge is 2.63. The number of carbonyl (C=O) groups is 1. The fraction of sp³-hybridized carbons (Fsp3) is 0.370. The smallest absolute Gasteiger partial charge is 0.243 e. The van der Waals surface area contributed by atoms with Crippen LogP contribution < -0.4 is 5.32 Å². The van der Waals surface area contributed by atoms with Crippen molar-refractivity contribution < 1.29 is 14.3 Å². The first-order chi connectivity index (χ1) is 17.5. The summed E-state index contributed by atoms with van der Waals surface area (Å²) in [5.41, 5.74) is 5.64. The van der Waals surface area contributed by atoms with Crippen molar-refractivity contribution in [2.24, 2.45) is 5.92 Å². The van der Waals surface area contributed by atoms with Crippen LogP contribution in [0.15, 0.2) is 30.3 Å². The molecule has 1 saturated carbocycles. The Morgan fingerprint density at radius 2 is 2.19 bits per heavy atom. The number of hydrogen-bond acceptors (Lipinski definition) is 5. The zero-order chi connectivity index (χ0) is 24.6. The van der Waals surface area contributed by atoms with Crippen molar-refractivity contribution in [2.45, 2.75) is 44.7 Å². The van der Waals surface area contributed by atoms with Gasteiger partial charge in [-0.15, -0.1) is 0 Å². The number of benzene rings is 2. The average molecular weight is 487 g/mol. The predicted octanol–water partition coefficient (Wildman–Crippen LogP) is 3.66. The number of phenolic OH excluding ortho intramolecular Hbond substituents is 1. The van der Waals surface area contributed by atoms with Gasteiger partial charge < -0.3 is 20.3 Å². The van der Waals surface area contributed by atoms with E-state index in [0.717, 1.165) is 70.5 Å². The van der Waals surface area contributed by atoms with E-state index in [1.165, 1.54) is 12.1 Å². The van der Waals surface area contributed by atoms with Gasteiger partial charge in [-0.25, -0.2) is 9.37 Å². The Morgan fingerprint density at radius 3 is 2.97 bits per heavy atom. The molecule has 4 aromatic rings. The summed E-state index contributed by atoms with van der Waals surface area (Å²) < 4.78 is 14.1. The minimum atomic E-state index is -0.637. The van der Waals surface area contributed by atoms with Crippen LogP contribution in [0, 0.1) is 11.7 Å². The summed E-state index contributed by atoms with van der Waals surface area (Å²) in [4.78, 5) is 23.4. The molecule has 4 heterocycles. The second-order valence-electron chi connectivity index (χ2n) is 10.2. The highest BCUT2D eigenvalue weighted by Crippen LogP contribution is 2.51. The van der Waals surface area contributed by atoms with Crippen LogP contribution in [0.3, 0.4) is 0 Å². The second kappa shape index (κ2) is 7.64. The van der Waals surface area contributed by atoms with Crippen LogP contribution in [-0.2, 0) is 24.2 Å². The van der Waals surface area contributed by atoms with E-state index in [1.807, 2.05) is 30.0 Å². The van der Waals surface area contributed by atoms with Crippen LogP contribution in [0.5, 0.6) is 5.75 Å². The molecule has 7 rings (SSSR count). The molecule has 1 saturated heterocycles. The Morgan fingerprint density at radius 1 is 1.31 bits per heavy atom. The summed E-state index contributed by atoms with van der Waals surface area (Å²) in [5, 5.41) is 21.7. The number of nitrogens with zero attached hydrogens (tertiary/aromatic N) is 3. The monoisotopic (exact) mass is 486 g/mol. The minimum Gasteiger partial charge on any atom is -0.505 e. The molecule has 2 atom stereocenters. The molecule has 3 aliphatic rings. The fourth-order valence-corrected chi connectivity index (χ4v) is 6.09. The predicted molar refractivity (Wildman–Crippen MR) is 133 cm³/mol. The van der Waals surface area contributed by atoms with Crippen LogP contribution in [0.4, 0.5) is 4.39 Å². The van der Waals surface area contributed by atoms with Crippen LogP contribution in [-0.4, -0.2) is 54.7 Å². The molecule has 2 aliphatic heterocycles. The fourth-order valence-electron chi connectivity index (χ4n) is 6.09. The number of fused-ring (bicyclic) bond motifs is 3. The van der Waals surface area contributed by atoms with Gasteiger partial charge in [0.15, 0.2) is 17.4 Å². The van der Waals surface area contributed by atoms with Crippen molar-refractivity contribution >= 4 is 16.8 Å². The SMILES string of the molecule is CCc1cc(O)c(F)cc1-c1ccc2c(-c3nc4c([nH]3)CCN(C(=O)[C@]35CC3CCN5)C4)n[nH]c2c1. The number of piperidine rings is 1. The quantitative estimate of drug-likeness (QED) is 0.352. The number of amides is 1. The maximum Gasteiger partial charge on any atom is 0.243 e. The van der Waals surface area contributed by atoms with Crippen molar-refractivity contribution in [3.8, 4) is 28.4 Å². The third-order valence-electron chi connectivity index (χ3n) is 8.20. The van der Waals surface area contributed by atoms with E-state index in [1.54, 1.807) is 0 Å². The molecule has 2 aromatic heterocycles. The van der Waals surface area contributed by atoms with Crippen molar-refractivity contribution in [3.63, 3.8) is 0 Å². The number of phenols is 1. The van der Waals surface area contributed by atoms with Crippen LogP contribution >= 0.6 is 0 Å². The molecule has 2 aromatic carbocycles. The van der Waals surface area contributed by atoms with E-state index in [0.29, 0.717) is 31.3 Å². The number of aromatic amines is 2. The molecule has 1 amide bonds. The van der Waals surface area contributed by atoms with Gasteiger partial charge in [0, 0.05) is 24.0 Å². The Bertz CT molecular complexity index is 1540. The summed E-state index contributed by atoms with van der Waals surface area (Å²) in [6.07, 6.45) is 3.46. The topological polar surface area (TPSA) is 110 Å². The lowest BCUT2D eigenvalue weighted by Gasteiger charge is -2.29. The molecule has 1 unspecified atom stereocenters. The van der Waals surface area contributed by atoms with Gasteiger partial charge in [0.05, 0.1) is 17.8 Å². The first-order valence-electron chi connectivity index (χ1n) is 12.6. The maximum atomic E-state index is 14.1. The van der Waals surface area contributed by atoms with Crippen molar-refractivity contribution in [1.82, 2.24) is 30.4 Å². The molecule has 0 bridgehead atoms. The largest absolute Gasteiger partial charge is 0.505 e. The lowest BCUT2D eigenvalue weighted by Crippen LogP contribution is -2.49. The van der Waals surface area contributed by atoms with Crippen LogP contribution in [0.2, 0.25) is 0 Å². The molecule has 0 radical (unpaired) electrons. The molecule has 4 N–H and O–H groups in total. The molecular formula is C27H27FN6O2. The van der Waals surface area contributed by atoms with Gasteiger partial charge in [0.2, 0.25) is 5.91 Å². The number of aromatic hydroxyl groups is 1. The second-order valence-corrected chi connectivity index (χ2v) is 10.2. The lowest BCUT2D eigenvalue weighted by atomic mass is 9.96. The Labute approximate surface area is 206 Å². The standard InChI is InChI=1S/C27H27FN6O2/c1-2-14-10-23(35)19(28)11-18(14)15-3-4-17-21(9-15)32-33-24(17)25-30-20-6-8-34(13-22(20)31-25)26(36)27-12-16(27)5-7-29-27/h3-4,9-11,16,29,35H,2,5-8,12-13H2,1H3,(H,30,31)(H,32,33)/t16?,27-/m0/s1. The number of rotatable bonds is 4. The number of hydrogen-bond donors (Lipinski definition) is 4. The number of aromatic nitrogens is 4. The maximum absolute atomic E-state index is 14.1. The Balaban J connectivity index is 1.18. The van der Waals surface area contributed by atoms with Gasteiger partial charge in [0.1, 0.15) is 11.2 Å². The number of aryl methyl sites for hydroxylation is 1. The van der Waals surface area contributed by atoms with E-state index < -0.39 is 5.82 Å². The summed E-state index contributed by atoms with van der Waals surface area (Å²) in [7, 11) is 0. The highest BCUT2D eigenvalue weighted by molar-refractivity contribution is 5.94. The lowest BCUT2D eigenvalue weighted by molar-refractivity contribution is -0.135. The summed E-state index contributed by atoms with van der Waals surface area (Å²) in [6, 6.07) is 8.71. The van der Waals surface area contributed by atoms with E-state index in [9.17, 15) is 14.3 Å². The zero-order valence-corrected chi connectivity index (χ0v) is 20.0. The molecule has 9 heteroatoms. The number of H-pyrrole nitrogens is 2. The Kier molecular flexibility index (Phi) is 4.57. The van der Waals surface area contributed by atoms with E-state index in [4.69, 9.17) is 4.98 Å². The number of nitrogens with one attached hydrogen (secondary N) is 3. The highest BCUT2D eigenvalue weighted by atomic mass is 19.1. The minimum absolute atomic E-state index is 0.218. The van der Waals surface area contributed by atoms with Crippen LogP contribution in [0.1, 0.15) is 36.7 Å². The van der Waals surface area contributed by atoms with Crippen molar-refractivity contribution in [1.29, 1.82) is 0 Å². The van der Waals surface area contributed by atoms with Gasteiger partial charge >= 0.3 is 0 Å². The van der Waals surface area contributed by atoms with E-state index in [2.05, 4.69) is 20.5 Å². The van der Waals surface area contributed by atoms with E-state index >= 15 is 0 Å². The normalized spacial score (nSPS) is 22.6. The molecule has 36 heavy (non-hydrogen) atoms. The number of imidazole rings is 1. The number of carbonyl (C=O) groups excluding carboxylic acids is 1. The molecule has 8 nitrogen and oxygen atoms in total.